The van der Waals surface area contributed by atoms with Gasteiger partial charge >= 0.3 is 51.9 Å². The fourth-order valence-corrected chi connectivity index (χ4v) is 4.47. The third-order valence-corrected chi connectivity index (χ3v) is 6.53. The Labute approximate surface area is 231 Å². The molecule has 0 aliphatic carbocycles. The van der Waals surface area contributed by atoms with Gasteiger partial charge in [0.1, 0.15) is 11.8 Å². The first-order chi connectivity index (χ1) is 16.5. The van der Waals surface area contributed by atoms with Gasteiger partial charge in [0.2, 0.25) is 5.91 Å². The van der Waals surface area contributed by atoms with E-state index in [1.54, 1.807) is 12.1 Å². The number of nitrogen functional groups attached to an aromatic ring is 1. The van der Waals surface area contributed by atoms with Gasteiger partial charge in [-0.25, -0.2) is 28.8 Å². The number of carbonyl (C=O) groups excluding carboxylic acids is 4. The molecule has 2 saturated heterocycles. The predicted molar refractivity (Wildman–Crippen MR) is 119 cm³/mol. The Hall–Kier alpha value is -3.03. The molecule has 0 radical (unpaired) electrons. The second kappa shape index (κ2) is 10.9. The zero-order chi connectivity index (χ0) is 25.3. The third-order valence-electron chi connectivity index (χ3n) is 4.95. The summed E-state index contributed by atoms with van der Waals surface area (Å²) < 4.78 is 36.4. The molecule has 2 fully saturated rings. The molecule has 5 N–H and O–H groups in total. The summed E-state index contributed by atoms with van der Waals surface area (Å²) in [6, 6.07) is -1.13. The Morgan fingerprint density at radius 3 is 2.72 bits per heavy atom. The number of hydrazone groups is 1. The Morgan fingerprint density at radius 2 is 2.14 bits per heavy atom. The van der Waals surface area contributed by atoms with Crippen molar-refractivity contribution in [2.75, 3.05) is 25.4 Å². The molecular weight excluding hydrogens is 531 g/mol. The Balaban J connectivity index is 0.00000241. The maximum atomic E-state index is 12.9. The molecule has 0 aromatic carbocycles. The van der Waals surface area contributed by atoms with Gasteiger partial charge in [0.25, 0.3) is 5.91 Å². The Bertz CT molecular complexity index is 1300. The van der Waals surface area contributed by atoms with Crippen LogP contribution in [0.3, 0.4) is 0 Å². The van der Waals surface area contributed by atoms with Crippen molar-refractivity contribution in [3.8, 4) is 0 Å². The number of imide groups is 1. The van der Waals surface area contributed by atoms with Gasteiger partial charge < -0.3 is 22.2 Å². The van der Waals surface area contributed by atoms with E-state index >= 15 is 0 Å². The molecule has 16 nitrogen and oxygen atoms in total. The van der Waals surface area contributed by atoms with Crippen LogP contribution in [0.2, 0.25) is 0 Å². The second-order valence-corrected chi connectivity index (χ2v) is 9.44. The number of amides is 6. The van der Waals surface area contributed by atoms with E-state index in [0.717, 1.165) is 21.2 Å². The van der Waals surface area contributed by atoms with E-state index in [1.807, 2.05) is 0 Å². The van der Waals surface area contributed by atoms with Crippen molar-refractivity contribution >= 4 is 56.9 Å². The maximum absolute atomic E-state index is 12.9. The minimum Gasteiger partial charge on any atom is -1.00 e. The van der Waals surface area contributed by atoms with E-state index < -0.39 is 52.8 Å². The Kier molecular flexibility index (Phi) is 8.37. The van der Waals surface area contributed by atoms with Gasteiger partial charge in [-0.05, 0) is 12.1 Å². The van der Waals surface area contributed by atoms with Crippen LogP contribution in [0.4, 0.5) is 14.7 Å². The average molecular weight is 551 g/mol. The minimum atomic E-state index is -4.74. The van der Waals surface area contributed by atoms with Gasteiger partial charge in [0, 0.05) is 5.38 Å². The summed E-state index contributed by atoms with van der Waals surface area (Å²) in [5, 5.41) is 11.2. The molecule has 36 heavy (non-hydrogen) atoms. The molecule has 0 saturated carbocycles. The first kappa shape index (κ1) is 27.6. The first-order valence-electron chi connectivity index (χ1n) is 9.82. The number of furan rings is 1. The molecule has 188 valence electrons. The van der Waals surface area contributed by atoms with Crippen molar-refractivity contribution in [1.29, 1.82) is 0 Å². The van der Waals surface area contributed by atoms with Gasteiger partial charge in [0.15, 0.2) is 11.2 Å². The predicted octanol–water partition coefficient (Wildman–Crippen LogP) is -3.91. The van der Waals surface area contributed by atoms with E-state index in [1.165, 1.54) is 17.9 Å². The summed E-state index contributed by atoms with van der Waals surface area (Å²) in [6.45, 7) is -0.430. The number of β-lactam (4-membered cyclic amide) rings is 1. The summed E-state index contributed by atoms with van der Waals surface area (Å²) in [5.74, 6) is -1.56. The molecule has 19 heteroatoms. The fourth-order valence-electron chi connectivity index (χ4n) is 3.19. The van der Waals surface area contributed by atoms with Crippen LogP contribution in [0.1, 0.15) is 18.9 Å². The standard InChI is InChI=1S/C17H18N8O8S2.Na.H/c18-15-21-11(8-34-15)12(13(26)20-10-7-25(14(10)27)35(30,31)32)22-16(28)23-3-4-24(17(23)29)19-6-9-2-1-5-33-9;;/h1-2,5-6,8,10,12H,3-4,7H2,(H2,18,21)(H,20,26)(H,22,28)(H,30,31,32);;/q;+1;-1. The summed E-state index contributed by atoms with van der Waals surface area (Å²) in [4.78, 5) is 55.0. The van der Waals surface area contributed by atoms with E-state index in [0.29, 0.717) is 5.76 Å². The molecule has 2 atom stereocenters. The van der Waals surface area contributed by atoms with Crippen molar-refractivity contribution in [2.45, 2.75) is 12.1 Å². The molecule has 6 amide bonds. The normalized spacial score (nSPS) is 18.7. The van der Waals surface area contributed by atoms with Crippen molar-refractivity contribution in [1.82, 2.24) is 29.8 Å². The largest absolute Gasteiger partial charge is 1.00 e. The van der Waals surface area contributed by atoms with E-state index in [2.05, 4.69) is 20.7 Å². The molecule has 2 aromatic heterocycles. The number of thiazole rings is 1. The van der Waals surface area contributed by atoms with Crippen LogP contribution in [-0.2, 0) is 19.9 Å². The number of anilines is 1. The number of hydrogen-bond donors (Lipinski definition) is 4. The maximum Gasteiger partial charge on any atom is 1.00 e. The molecule has 4 rings (SSSR count). The number of nitrogens with two attached hydrogens (primary N) is 1. The summed E-state index contributed by atoms with van der Waals surface area (Å²) in [7, 11) is -4.74. The average Bonchev–Trinajstić information content (AvgIpc) is 3.53. The molecular formula is C17H19N8NaO8S2. The first-order valence-corrected chi connectivity index (χ1v) is 12.1. The monoisotopic (exact) mass is 550 g/mol. The van der Waals surface area contributed by atoms with Crippen LogP contribution in [0, 0.1) is 0 Å². The number of nitrogens with one attached hydrogen (secondary N) is 2. The molecule has 2 aromatic rings. The van der Waals surface area contributed by atoms with Crippen LogP contribution in [0.5, 0.6) is 0 Å². The summed E-state index contributed by atoms with van der Waals surface area (Å²) in [6.07, 6.45) is 2.74. The third kappa shape index (κ3) is 5.85. The van der Waals surface area contributed by atoms with E-state index in [9.17, 15) is 27.6 Å². The van der Waals surface area contributed by atoms with Gasteiger partial charge in [-0.15, -0.1) is 11.3 Å². The molecule has 0 spiro atoms. The number of nitrogens with zero attached hydrogens (tertiary/aromatic N) is 5. The fraction of sp³-hybridized carbons (Fsp3) is 0.294. The second-order valence-electron chi connectivity index (χ2n) is 7.22. The van der Waals surface area contributed by atoms with Crippen molar-refractivity contribution in [3.63, 3.8) is 0 Å². The molecule has 2 unspecified atom stereocenters. The number of urea groups is 2. The number of hydrogen-bond acceptors (Lipinski definition) is 11. The quantitative estimate of drug-likeness (QED) is 0.113. The summed E-state index contributed by atoms with van der Waals surface area (Å²) >= 11 is 0.990. The molecule has 2 aliphatic heterocycles. The zero-order valence-corrected chi connectivity index (χ0v) is 22.2. The van der Waals surface area contributed by atoms with Crippen LogP contribution in [0.15, 0.2) is 33.3 Å². The van der Waals surface area contributed by atoms with Crippen molar-refractivity contribution < 1.29 is 67.5 Å². The van der Waals surface area contributed by atoms with Gasteiger partial charge in [-0.3, -0.25) is 14.1 Å². The number of carbonyl (C=O) groups is 4. The van der Waals surface area contributed by atoms with Gasteiger partial charge in [0.05, 0.1) is 37.8 Å². The summed E-state index contributed by atoms with van der Waals surface area (Å²) in [5.41, 5.74) is 5.66. The van der Waals surface area contributed by atoms with Crippen LogP contribution >= 0.6 is 11.3 Å². The molecule has 4 heterocycles. The van der Waals surface area contributed by atoms with Gasteiger partial charge in [-0.1, -0.05) is 0 Å². The zero-order valence-electron chi connectivity index (χ0n) is 19.6. The number of aromatic nitrogens is 1. The van der Waals surface area contributed by atoms with Crippen LogP contribution < -0.4 is 45.9 Å². The van der Waals surface area contributed by atoms with Crippen molar-refractivity contribution in [2.24, 2.45) is 5.10 Å². The minimum absolute atomic E-state index is 0. The van der Waals surface area contributed by atoms with Crippen molar-refractivity contribution in [3.05, 3.63) is 35.2 Å². The van der Waals surface area contributed by atoms with Crippen LogP contribution in [-0.4, -0.2) is 87.9 Å². The van der Waals surface area contributed by atoms with E-state index in [-0.39, 0.29) is 59.2 Å². The number of rotatable bonds is 7. The topological polar surface area (TPSA) is 221 Å². The molecule has 0 bridgehead atoms. The van der Waals surface area contributed by atoms with Crippen LogP contribution in [0.25, 0.3) is 0 Å². The molecule has 2 aliphatic rings. The van der Waals surface area contributed by atoms with E-state index in [4.69, 9.17) is 14.7 Å². The Morgan fingerprint density at radius 1 is 1.39 bits per heavy atom. The smallest absolute Gasteiger partial charge is 1.00 e. The van der Waals surface area contributed by atoms with Gasteiger partial charge in [-0.2, -0.15) is 13.5 Å². The SMILES string of the molecule is Nc1nc(C(NC(=O)N2CCN(N=Cc3ccco3)C2=O)C(=O)NC2CN(S(=O)(=O)O)C2=O)cs1.[H-].[Na+].